The number of piperidine rings is 1. The number of aromatic amines is 1. The first-order chi connectivity index (χ1) is 18.8. The molecule has 1 aromatic heterocycles. The molecule has 39 heavy (non-hydrogen) atoms. The fraction of sp³-hybridized carbons (Fsp3) is 0.258. The van der Waals surface area contributed by atoms with Crippen LogP contribution in [-0.2, 0) is 4.74 Å². The minimum atomic E-state index is -0.443. The maximum absolute atomic E-state index is 12.8. The highest BCUT2D eigenvalue weighted by Crippen LogP contribution is 2.33. The monoisotopic (exact) mass is 524 g/mol. The number of H-pyrrole nitrogens is 1. The smallest absolute Gasteiger partial charge is 0.338 e. The SMILES string of the molecule is COC(=O)c1cc2[nH]c(O)c(C(=Nc3ccc(C(=O)NC4CCN(C)CC4)cc3)c3ccccc3)c2cc1C. The Bertz CT molecular complexity index is 1530. The van der Waals surface area contributed by atoms with Gasteiger partial charge in [-0.1, -0.05) is 30.3 Å². The number of aryl methyl sites for hydroxylation is 1. The lowest BCUT2D eigenvalue weighted by atomic mass is 9.98. The zero-order valence-corrected chi connectivity index (χ0v) is 22.3. The summed E-state index contributed by atoms with van der Waals surface area (Å²) in [5, 5.41) is 14.9. The van der Waals surface area contributed by atoms with Gasteiger partial charge in [0.2, 0.25) is 0 Å². The van der Waals surface area contributed by atoms with Gasteiger partial charge in [-0.15, -0.1) is 0 Å². The molecule has 8 heteroatoms. The van der Waals surface area contributed by atoms with Gasteiger partial charge in [0.15, 0.2) is 5.88 Å². The first-order valence-electron chi connectivity index (χ1n) is 13.0. The molecule has 5 rings (SSSR count). The van der Waals surface area contributed by atoms with Gasteiger partial charge in [0.1, 0.15) is 0 Å². The van der Waals surface area contributed by atoms with E-state index < -0.39 is 5.97 Å². The molecule has 1 aliphatic heterocycles. The van der Waals surface area contributed by atoms with Crippen molar-refractivity contribution in [3.8, 4) is 5.88 Å². The molecule has 1 fully saturated rings. The van der Waals surface area contributed by atoms with Crippen molar-refractivity contribution in [1.82, 2.24) is 15.2 Å². The number of methoxy groups -OCH3 is 1. The topological polar surface area (TPSA) is 107 Å². The van der Waals surface area contributed by atoms with Gasteiger partial charge in [0.25, 0.3) is 5.91 Å². The number of aromatic hydroxyl groups is 1. The molecule has 4 aromatic rings. The van der Waals surface area contributed by atoms with E-state index in [1.807, 2.05) is 43.3 Å². The van der Waals surface area contributed by atoms with Crippen LogP contribution in [0.25, 0.3) is 10.9 Å². The van der Waals surface area contributed by atoms with Gasteiger partial charge < -0.3 is 25.0 Å². The molecule has 0 radical (unpaired) electrons. The van der Waals surface area contributed by atoms with E-state index in [-0.39, 0.29) is 17.8 Å². The Morgan fingerprint density at radius 2 is 1.72 bits per heavy atom. The number of aliphatic imine (C=N–C) groups is 1. The molecule has 1 aliphatic rings. The second-order valence-electron chi connectivity index (χ2n) is 9.98. The number of aromatic nitrogens is 1. The number of amides is 1. The summed E-state index contributed by atoms with van der Waals surface area (Å²) >= 11 is 0. The lowest BCUT2D eigenvalue weighted by molar-refractivity contribution is 0.0600. The third-order valence-electron chi connectivity index (χ3n) is 7.24. The number of carbonyl (C=O) groups excluding carboxylic acids is 2. The summed E-state index contributed by atoms with van der Waals surface area (Å²) in [6, 6.07) is 20.5. The number of nitrogens with zero attached hydrogens (tertiary/aromatic N) is 2. The standard InChI is InChI=1S/C31H32N4O4/c1-19-17-25-26(18-24(19)31(38)39-3)34-30(37)27(25)28(20-7-5-4-6-8-20)32-22-11-9-21(10-12-22)29(36)33-23-13-15-35(2)16-14-23/h4-12,17-18,23,34,37H,13-16H2,1-3H3,(H,33,36). The van der Waals surface area contributed by atoms with Crippen LogP contribution in [0, 0.1) is 6.92 Å². The number of esters is 1. The fourth-order valence-electron chi connectivity index (χ4n) is 5.00. The Hall–Kier alpha value is -4.43. The zero-order chi connectivity index (χ0) is 27.5. The number of hydrogen-bond acceptors (Lipinski definition) is 6. The number of hydrogen-bond donors (Lipinski definition) is 3. The van der Waals surface area contributed by atoms with Crippen molar-refractivity contribution in [2.24, 2.45) is 4.99 Å². The summed E-state index contributed by atoms with van der Waals surface area (Å²) in [5.74, 6) is -0.584. The summed E-state index contributed by atoms with van der Waals surface area (Å²) in [6.07, 6.45) is 1.89. The number of nitrogens with one attached hydrogen (secondary N) is 2. The van der Waals surface area contributed by atoms with E-state index in [0.29, 0.717) is 33.6 Å². The van der Waals surface area contributed by atoms with E-state index >= 15 is 0 Å². The van der Waals surface area contributed by atoms with Crippen molar-refractivity contribution in [3.63, 3.8) is 0 Å². The molecule has 0 spiro atoms. The number of benzene rings is 3. The molecule has 0 aliphatic carbocycles. The largest absolute Gasteiger partial charge is 0.494 e. The quantitative estimate of drug-likeness (QED) is 0.244. The highest BCUT2D eigenvalue weighted by molar-refractivity contribution is 6.22. The van der Waals surface area contributed by atoms with E-state index in [1.54, 1.807) is 30.3 Å². The Kier molecular flexibility index (Phi) is 7.47. The first kappa shape index (κ1) is 26.2. The summed E-state index contributed by atoms with van der Waals surface area (Å²) in [5.41, 5.74) is 4.86. The number of rotatable bonds is 6. The van der Waals surface area contributed by atoms with Gasteiger partial charge in [-0.3, -0.25) is 4.79 Å². The Morgan fingerprint density at radius 3 is 2.38 bits per heavy atom. The van der Waals surface area contributed by atoms with E-state index in [9.17, 15) is 14.7 Å². The van der Waals surface area contributed by atoms with Crippen LogP contribution in [-0.4, -0.2) is 65.9 Å². The molecule has 1 saturated heterocycles. The summed E-state index contributed by atoms with van der Waals surface area (Å²) in [6.45, 7) is 3.78. The minimum Gasteiger partial charge on any atom is -0.494 e. The Balaban J connectivity index is 1.50. The van der Waals surface area contributed by atoms with Crippen molar-refractivity contribution in [2.75, 3.05) is 27.2 Å². The second kappa shape index (κ2) is 11.1. The van der Waals surface area contributed by atoms with Crippen molar-refractivity contribution in [2.45, 2.75) is 25.8 Å². The average molecular weight is 525 g/mol. The normalized spacial score (nSPS) is 14.9. The maximum Gasteiger partial charge on any atom is 0.338 e. The van der Waals surface area contributed by atoms with Crippen LogP contribution < -0.4 is 5.32 Å². The third-order valence-corrected chi connectivity index (χ3v) is 7.24. The maximum atomic E-state index is 12.8. The third kappa shape index (κ3) is 5.56. The predicted molar refractivity (Wildman–Crippen MR) is 152 cm³/mol. The summed E-state index contributed by atoms with van der Waals surface area (Å²) in [7, 11) is 3.44. The molecule has 0 bridgehead atoms. The highest BCUT2D eigenvalue weighted by Gasteiger charge is 2.22. The van der Waals surface area contributed by atoms with Crippen molar-refractivity contribution in [1.29, 1.82) is 0 Å². The second-order valence-corrected chi connectivity index (χ2v) is 9.98. The molecule has 3 aromatic carbocycles. The van der Waals surface area contributed by atoms with E-state index in [2.05, 4.69) is 22.2 Å². The van der Waals surface area contributed by atoms with Crippen LogP contribution in [0.5, 0.6) is 5.88 Å². The van der Waals surface area contributed by atoms with Crippen LogP contribution in [0.15, 0.2) is 71.7 Å². The molecule has 8 nitrogen and oxygen atoms in total. The molecule has 2 heterocycles. The molecule has 1 amide bonds. The van der Waals surface area contributed by atoms with Gasteiger partial charge in [0.05, 0.1) is 29.6 Å². The molecular weight excluding hydrogens is 492 g/mol. The Labute approximate surface area is 227 Å². The highest BCUT2D eigenvalue weighted by atomic mass is 16.5. The molecule has 0 saturated carbocycles. The molecule has 3 N–H and O–H groups in total. The van der Waals surface area contributed by atoms with Crippen molar-refractivity contribution < 1.29 is 19.4 Å². The van der Waals surface area contributed by atoms with Gasteiger partial charge in [0, 0.05) is 28.1 Å². The molecule has 200 valence electrons. The van der Waals surface area contributed by atoms with Gasteiger partial charge >= 0.3 is 5.97 Å². The number of likely N-dealkylation sites (tertiary alicyclic amines) is 1. The minimum absolute atomic E-state index is 0.0526. The van der Waals surface area contributed by atoms with Gasteiger partial charge in [-0.2, -0.15) is 0 Å². The van der Waals surface area contributed by atoms with Crippen LogP contribution in [0.3, 0.4) is 0 Å². The van der Waals surface area contributed by atoms with E-state index in [0.717, 1.165) is 42.4 Å². The van der Waals surface area contributed by atoms with Gasteiger partial charge in [-0.05, 0) is 81.9 Å². The van der Waals surface area contributed by atoms with Crippen molar-refractivity contribution in [3.05, 3.63) is 94.5 Å². The van der Waals surface area contributed by atoms with Crippen LogP contribution in [0.1, 0.15) is 50.2 Å². The summed E-state index contributed by atoms with van der Waals surface area (Å²) in [4.78, 5) is 35.2. The summed E-state index contributed by atoms with van der Waals surface area (Å²) < 4.78 is 4.90. The lowest BCUT2D eigenvalue weighted by Gasteiger charge is -2.29. The number of ether oxygens (including phenoxy) is 1. The van der Waals surface area contributed by atoms with E-state index in [4.69, 9.17) is 9.73 Å². The van der Waals surface area contributed by atoms with Crippen LogP contribution in [0.2, 0.25) is 0 Å². The van der Waals surface area contributed by atoms with Gasteiger partial charge in [-0.25, -0.2) is 9.79 Å². The average Bonchev–Trinajstić information content (AvgIpc) is 3.27. The molecule has 0 unspecified atom stereocenters. The van der Waals surface area contributed by atoms with Crippen LogP contribution in [0.4, 0.5) is 5.69 Å². The number of carbonyl (C=O) groups is 2. The zero-order valence-electron chi connectivity index (χ0n) is 22.3. The van der Waals surface area contributed by atoms with Crippen LogP contribution >= 0.6 is 0 Å². The molecular formula is C31H32N4O4. The molecule has 0 atom stereocenters. The van der Waals surface area contributed by atoms with Crippen molar-refractivity contribution >= 4 is 34.2 Å². The first-order valence-corrected chi connectivity index (χ1v) is 13.0. The Morgan fingerprint density at radius 1 is 1.03 bits per heavy atom. The fourth-order valence-corrected chi connectivity index (χ4v) is 5.00. The van der Waals surface area contributed by atoms with E-state index in [1.165, 1.54) is 7.11 Å². The number of fused-ring (bicyclic) bond motifs is 1. The lowest BCUT2D eigenvalue weighted by Crippen LogP contribution is -2.43. The predicted octanol–water partition coefficient (Wildman–Crippen LogP) is 4.96.